The molecule has 0 spiro atoms. The van der Waals surface area contributed by atoms with Crippen LogP contribution in [0.25, 0.3) is 6.08 Å². The molecule has 0 unspecified atom stereocenters. The first-order valence-corrected chi connectivity index (χ1v) is 8.07. The van der Waals surface area contributed by atoms with Crippen molar-refractivity contribution >= 4 is 16.3 Å². The zero-order valence-corrected chi connectivity index (χ0v) is 12.4. The van der Waals surface area contributed by atoms with Gasteiger partial charge in [-0.25, -0.2) is 0 Å². The highest BCUT2D eigenvalue weighted by atomic mass is 32.2. The summed E-state index contributed by atoms with van der Waals surface area (Å²) >= 11 is 0. The van der Waals surface area contributed by atoms with E-state index in [2.05, 4.69) is 16.0 Å². The first-order valence-electron chi connectivity index (χ1n) is 6.59. The molecule has 2 rings (SSSR count). The van der Waals surface area contributed by atoms with Gasteiger partial charge in [-0.15, -0.1) is 0 Å². The van der Waals surface area contributed by atoms with E-state index in [1.807, 2.05) is 54.6 Å². The molecule has 0 amide bonds. The fourth-order valence-electron chi connectivity index (χ4n) is 1.89. The van der Waals surface area contributed by atoms with Gasteiger partial charge in [0.2, 0.25) is 0 Å². The minimum absolute atomic E-state index is 0.228. The smallest absolute Gasteiger partial charge is 0.198 e. The zero-order valence-electron chi connectivity index (χ0n) is 11.6. The summed E-state index contributed by atoms with van der Waals surface area (Å²) in [5.41, 5.74) is 2.72. The van der Waals surface area contributed by atoms with Crippen LogP contribution in [-0.2, 0) is 23.3 Å². The van der Waals surface area contributed by atoms with Crippen LogP contribution >= 0.6 is 0 Å². The molecule has 0 fully saturated rings. The fraction of sp³-hybridized carbons (Fsp3) is 0.125. The molecule has 4 nitrogen and oxygen atoms in total. The van der Waals surface area contributed by atoms with Crippen LogP contribution in [0.5, 0.6) is 0 Å². The standard InChI is InChI=1S/C16H18N2O2S/c1-2-15-10-6-7-11-16(15)13-18-21(19,20)17-12-14-8-4-3-5-9-14/h2-11,17-18H,1,12-13H2. The summed E-state index contributed by atoms with van der Waals surface area (Å²) in [6.07, 6.45) is 1.71. The van der Waals surface area contributed by atoms with Crippen molar-refractivity contribution < 1.29 is 8.42 Å². The van der Waals surface area contributed by atoms with Crippen molar-refractivity contribution in [2.24, 2.45) is 0 Å². The third-order valence-corrected chi connectivity index (χ3v) is 4.09. The Bertz CT molecular complexity index is 697. The van der Waals surface area contributed by atoms with Gasteiger partial charge in [-0.1, -0.05) is 67.3 Å². The van der Waals surface area contributed by atoms with Crippen LogP contribution in [0.1, 0.15) is 16.7 Å². The third kappa shape index (κ3) is 4.82. The van der Waals surface area contributed by atoms with Crippen molar-refractivity contribution in [2.75, 3.05) is 0 Å². The average Bonchev–Trinajstić information content (AvgIpc) is 2.52. The lowest BCUT2D eigenvalue weighted by Crippen LogP contribution is -2.35. The van der Waals surface area contributed by atoms with Gasteiger partial charge < -0.3 is 0 Å². The van der Waals surface area contributed by atoms with Crippen LogP contribution < -0.4 is 9.44 Å². The number of benzene rings is 2. The maximum atomic E-state index is 11.9. The second-order valence-electron chi connectivity index (χ2n) is 4.53. The van der Waals surface area contributed by atoms with Gasteiger partial charge in [0, 0.05) is 13.1 Å². The van der Waals surface area contributed by atoms with Gasteiger partial charge in [-0.05, 0) is 16.7 Å². The molecule has 0 saturated heterocycles. The molecule has 5 heteroatoms. The maximum Gasteiger partial charge on any atom is 0.277 e. The van der Waals surface area contributed by atoms with Crippen molar-refractivity contribution in [1.29, 1.82) is 0 Å². The molecule has 21 heavy (non-hydrogen) atoms. The van der Waals surface area contributed by atoms with E-state index in [-0.39, 0.29) is 13.1 Å². The molecule has 2 N–H and O–H groups in total. The Labute approximate surface area is 125 Å². The molecule has 0 aliphatic rings. The molecule has 110 valence electrons. The van der Waals surface area contributed by atoms with Crippen molar-refractivity contribution in [1.82, 2.24) is 9.44 Å². The summed E-state index contributed by atoms with van der Waals surface area (Å²) in [6, 6.07) is 16.9. The summed E-state index contributed by atoms with van der Waals surface area (Å²) < 4.78 is 28.9. The van der Waals surface area contributed by atoms with Crippen LogP contribution in [0.3, 0.4) is 0 Å². The van der Waals surface area contributed by atoms with Gasteiger partial charge in [0.15, 0.2) is 0 Å². The largest absolute Gasteiger partial charge is 0.277 e. The van der Waals surface area contributed by atoms with Gasteiger partial charge in [0.05, 0.1) is 0 Å². The van der Waals surface area contributed by atoms with Crippen molar-refractivity contribution in [3.63, 3.8) is 0 Å². The van der Waals surface area contributed by atoms with E-state index in [1.54, 1.807) is 6.08 Å². The lowest BCUT2D eigenvalue weighted by Gasteiger charge is -2.10. The average molecular weight is 302 g/mol. The molecule has 0 atom stereocenters. The van der Waals surface area contributed by atoms with Gasteiger partial charge >= 0.3 is 0 Å². The first kappa shape index (κ1) is 15.4. The van der Waals surface area contributed by atoms with Gasteiger partial charge in [-0.2, -0.15) is 17.9 Å². The van der Waals surface area contributed by atoms with Gasteiger partial charge in [-0.3, -0.25) is 0 Å². The maximum absolute atomic E-state index is 11.9. The first-order chi connectivity index (χ1) is 10.1. The fourth-order valence-corrected chi connectivity index (χ4v) is 2.70. The Balaban J connectivity index is 1.94. The molecule has 0 saturated carbocycles. The van der Waals surface area contributed by atoms with Gasteiger partial charge in [0.1, 0.15) is 0 Å². The van der Waals surface area contributed by atoms with E-state index >= 15 is 0 Å². The van der Waals surface area contributed by atoms with E-state index in [9.17, 15) is 8.42 Å². The van der Waals surface area contributed by atoms with Crippen LogP contribution in [0.4, 0.5) is 0 Å². The molecule has 0 aromatic heterocycles. The molecule has 0 radical (unpaired) electrons. The molecule has 2 aromatic rings. The molecule has 2 aromatic carbocycles. The molecule has 0 aliphatic carbocycles. The van der Waals surface area contributed by atoms with Gasteiger partial charge in [0.25, 0.3) is 10.2 Å². The minimum atomic E-state index is -3.54. The molecule has 0 bridgehead atoms. The molecule has 0 heterocycles. The second kappa shape index (κ2) is 7.17. The molecular formula is C16H18N2O2S. The number of hydrogen-bond donors (Lipinski definition) is 2. The summed E-state index contributed by atoms with van der Waals surface area (Å²) in [6.45, 7) is 4.21. The predicted octanol–water partition coefficient (Wildman–Crippen LogP) is 2.45. The van der Waals surface area contributed by atoms with E-state index in [0.29, 0.717) is 0 Å². The normalized spacial score (nSPS) is 11.2. The van der Waals surface area contributed by atoms with Crippen LogP contribution in [0.2, 0.25) is 0 Å². The summed E-state index contributed by atoms with van der Waals surface area (Å²) in [4.78, 5) is 0. The van der Waals surface area contributed by atoms with E-state index in [0.717, 1.165) is 16.7 Å². The Kier molecular flexibility index (Phi) is 5.27. The monoisotopic (exact) mass is 302 g/mol. The quantitative estimate of drug-likeness (QED) is 0.825. The Morgan fingerprint density at radius 1 is 0.905 bits per heavy atom. The summed E-state index contributed by atoms with van der Waals surface area (Å²) in [7, 11) is -3.54. The molecular weight excluding hydrogens is 284 g/mol. The number of rotatable bonds is 7. The highest BCUT2D eigenvalue weighted by Gasteiger charge is 2.09. The lowest BCUT2D eigenvalue weighted by atomic mass is 10.1. The van der Waals surface area contributed by atoms with Crippen LogP contribution in [0, 0.1) is 0 Å². The topological polar surface area (TPSA) is 58.2 Å². The second-order valence-corrected chi connectivity index (χ2v) is 6.12. The number of hydrogen-bond acceptors (Lipinski definition) is 2. The zero-order chi connectivity index (χ0) is 15.1. The Morgan fingerprint density at radius 3 is 2.24 bits per heavy atom. The summed E-state index contributed by atoms with van der Waals surface area (Å²) in [5.74, 6) is 0. The van der Waals surface area contributed by atoms with E-state index < -0.39 is 10.2 Å². The number of nitrogens with one attached hydrogen (secondary N) is 2. The highest BCUT2D eigenvalue weighted by molar-refractivity contribution is 7.87. The van der Waals surface area contributed by atoms with Crippen LogP contribution in [0.15, 0.2) is 61.2 Å². The van der Waals surface area contributed by atoms with Crippen molar-refractivity contribution in [3.8, 4) is 0 Å². The molecule has 0 aliphatic heterocycles. The minimum Gasteiger partial charge on any atom is -0.198 e. The third-order valence-electron chi connectivity index (χ3n) is 3.04. The highest BCUT2D eigenvalue weighted by Crippen LogP contribution is 2.09. The van der Waals surface area contributed by atoms with Crippen molar-refractivity contribution in [3.05, 3.63) is 77.9 Å². The van der Waals surface area contributed by atoms with Crippen LogP contribution in [-0.4, -0.2) is 8.42 Å². The SMILES string of the molecule is C=Cc1ccccc1CNS(=O)(=O)NCc1ccccc1. The lowest BCUT2D eigenvalue weighted by molar-refractivity contribution is 0.566. The van der Waals surface area contributed by atoms with E-state index in [4.69, 9.17) is 0 Å². The Morgan fingerprint density at radius 2 is 1.52 bits per heavy atom. The van der Waals surface area contributed by atoms with Crippen molar-refractivity contribution in [2.45, 2.75) is 13.1 Å². The Hall–Kier alpha value is -1.95. The summed E-state index contributed by atoms with van der Waals surface area (Å²) in [5, 5.41) is 0. The van der Waals surface area contributed by atoms with E-state index in [1.165, 1.54) is 0 Å². The predicted molar refractivity (Wildman–Crippen MR) is 85.6 cm³/mol.